The van der Waals surface area contributed by atoms with Gasteiger partial charge in [-0.15, -0.1) is 0 Å². The quantitative estimate of drug-likeness (QED) is 0.769. The molecule has 0 aliphatic carbocycles. The fraction of sp³-hybridized carbons (Fsp3) is 0.600. The number of phenolic OH excluding ortho intramolecular Hbond substituents is 1. The van der Waals surface area contributed by atoms with E-state index in [1.54, 1.807) is 18.2 Å². The van der Waals surface area contributed by atoms with E-state index in [2.05, 4.69) is 12.2 Å². The van der Waals surface area contributed by atoms with E-state index in [-0.39, 0.29) is 11.8 Å². The van der Waals surface area contributed by atoms with Gasteiger partial charge in [0.15, 0.2) is 0 Å². The minimum absolute atomic E-state index is 0.108. The lowest BCUT2D eigenvalue weighted by atomic mass is 9.90. The van der Waals surface area contributed by atoms with E-state index in [0.29, 0.717) is 6.04 Å². The van der Waals surface area contributed by atoms with Crippen molar-refractivity contribution in [3.63, 3.8) is 0 Å². The summed E-state index contributed by atoms with van der Waals surface area (Å²) in [6.07, 6.45) is 5.18. The topological polar surface area (TPSA) is 52.5 Å². The Labute approximate surface area is 109 Å². The summed E-state index contributed by atoms with van der Waals surface area (Å²) in [6.45, 7) is 2.19. The van der Waals surface area contributed by atoms with Gasteiger partial charge in [0.25, 0.3) is 0 Å². The maximum absolute atomic E-state index is 10.4. The third-order valence-electron chi connectivity index (χ3n) is 3.75. The fourth-order valence-electron chi connectivity index (χ4n) is 2.82. The minimum Gasteiger partial charge on any atom is -0.508 e. The average Bonchev–Trinajstić information content (AvgIpc) is 2.39. The second-order valence-electron chi connectivity index (χ2n) is 5.23. The zero-order chi connectivity index (χ0) is 13.0. The highest BCUT2D eigenvalue weighted by atomic mass is 16.3. The van der Waals surface area contributed by atoms with Crippen LogP contribution >= 0.6 is 0 Å². The van der Waals surface area contributed by atoms with Crippen LogP contribution in [0.25, 0.3) is 0 Å². The first-order valence-electron chi connectivity index (χ1n) is 6.93. The number of phenols is 1. The predicted molar refractivity (Wildman–Crippen MR) is 72.5 cm³/mol. The summed E-state index contributed by atoms with van der Waals surface area (Å²) in [6, 6.07) is 7.56. The van der Waals surface area contributed by atoms with Gasteiger partial charge in [-0.2, -0.15) is 0 Å². The Morgan fingerprint density at radius 3 is 2.94 bits per heavy atom. The molecule has 18 heavy (non-hydrogen) atoms. The number of piperidine rings is 1. The van der Waals surface area contributed by atoms with Crippen molar-refractivity contribution in [3.05, 3.63) is 29.8 Å². The summed E-state index contributed by atoms with van der Waals surface area (Å²) in [5, 5.41) is 23.4. The van der Waals surface area contributed by atoms with Crippen LogP contribution < -0.4 is 5.32 Å². The van der Waals surface area contributed by atoms with Gasteiger partial charge in [-0.25, -0.2) is 0 Å². The second-order valence-corrected chi connectivity index (χ2v) is 5.23. The maximum atomic E-state index is 10.4. The molecular weight excluding hydrogens is 226 g/mol. The molecule has 0 spiro atoms. The fourth-order valence-corrected chi connectivity index (χ4v) is 2.82. The first-order valence-corrected chi connectivity index (χ1v) is 6.93. The van der Waals surface area contributed by atoms with Crippen molar-refractivity contribution < 1.29 is 10.2 Å². The van der Waals surface area contributed by atoms with Gasteiger partial charge in [0.1, 0.15) is 5.75 Å². The molecule has 100 valence electrons. The van der Waals surface area contributed by atoms with Gasteiger partial charge >= 0.3 is 0 Å². The first-order chi connectivity index (χ1) is 8.70. The Kier molecular flexibility index (Phi) is 4.61. The van der Waals surface area contributed by atoms with Gasteiger partial charge in [-0.1, -0.05) is 31.9 Å². The largest absolute Gasteiger partial charge is 0.508 e. The second kappa shape index (κ2) is 6.21. The van der Waals surface area contributed by atoms with Crippen LogP contribution in [-0.4, -0.2) is 22.3 Å². The Hall–Kier alpha value is -1.06. The van der Waals surface area contributed by atoms with E-state index >= 15 is 0 Å². The number of hydrogen-bond donors (Lipinski definition) is 3. The molecule has 3 nitrogen and oxygen atoms in total. The van der Waals surface area contributed by atoms with Crippen LogP contribution in [0.5, 0.6) is 5.75 Å². The Morgan fingerprint density at radius 2 is 2.22 bits per heavy atom. The van der Waals surface area contributed by atoms with E-state index in [1.807, 2.05) is 6.07 Å². The molecule has 3 heteroatoms. The van der Waals surface area contributed by atoms with Gasteiger partial charge < -0.3 is 15.5 Å². The molecule has 1 aromatic rings. The Morgan fingerprint density at radius 1 is 1.39 bits per heavy atom. The lowest BCUT2D eigenvalue weighted by molar-refractivity contribution is 0.0996. The highest BCUT2D eigenvalue weighted by Crippen LogP contribution is 2.27. The van der Waals surface area contributed by atoms with Gasteiger partial charge in [-0.05, 0) is 37.0 Å². The van der Waals surface area contributed by atoms with Gasteiger partial charge in [0.05, 0.1) is 6.10 Å². The van der Waals surface area contributed by atoms with Gasteiger partial charge in [0, 0.05) is 12.1 Å². The normalized spacial score (nSPS) is 25.9. The summed E-state index contributed by atoms with van der Waals surface area (Å²) in [4.78, 5) is 0. The molecule has 0 unspecified atom stereocenters. The molecule has 1 aliphatic heterocycles. The molecular formula is C15H23NO2. The SMILES string of the molecule is CCC[C@H]1CCC[C@@H]([C@@H](O)c2cccc(O)c2)N1. The third kappa shape index (κ3) is 3.24. The third-order valence-corrected chi connectivity index (χ3v) is 3.75. The molecule has 0 radical (unpaired) electrons. The molecule has 3 N–H and O–H groups in total. The first kappa shape index (κ1) is 13.4. The molecule has 0 saturated carbocycles. The van der Waals surface area contributed by atoms with Crippen molar-refractivity contribution in [2.45, 2.75) is 57.2 Å². The molecule has 1 aliphatic rings. The summed E-state index contributed by atoms with van der Waals surface area (Å²) in [5.41, 5.74) is 0.796. The molecule has 0 bridgehead atoms. The molecule has 0 aromatic heterocycles. The maximum Gasteiger partial charge on any atom is 0.115 e. The Balaban J connectivity index is 2.02. The number of aliphatic hydroxyl groups excluding tert-OH is 1. The van der Waals surface area contributed by atoms with Crippen molar-refractivity contribution in [2.75, 3.05) is 0 Å². The number of rotatable bonds is 4. The molecule has 0 amide bonds. The smallest absolute Gasteiger partial charge is 0.115 e. The molecule has 1 heterocycles. The van der Waals surface area contributed by atoms with Crippen LogP contribution in [0.15, 0.2) is 24.3 Å². The zero-order valence-corrected chi connectivity index (χ0v) is 11.0. The molecule has 1 aromatic carbocycles. The highest BCUT2D eigenvalue weighted by Gasteiger charge is 2.27. The number of aliphatic hydroxyl groups is 1. The van der Waals surface area contributed by atoms with E-state index < -0.39 is 6.10 Å². The summed E-state index contributed by atoms with van der Waals surface area (Å²) < 4.78 is 0. The summed E-state index contributed by atoms with van der Waals surface area (Å²) in [7, 11) is 0. The molecule has 3 atom stereocenters. The van der Waals surface area contributed by atoms with Crippen molar-refractivity contribution in [2.24, 2.45) is 0 Å². The number of hydrogen-bond acceptors (Lipinski definition) is 3. The molecule has 1 fully saturated rings. The standard InChI is InChI=1S/C15H23NO2/c1-2-5-12-7-4-9-14(16-12)15(18)11-6-3-8-13(17)10-11/h3,6,8,10,12,14-18H,2,4-5,7,9H2,1H3/t12-,14-,15-/m0/s1. The van der Waals surface area contributed by atoms with E-state index in [1.165, 1.54) is 19.3 Å². The average molecular weight is 249 g/mol. The van der Waals surface area contributed by atoms with Gasteiger partial charge in [-0.3, -0.25) is 0 Å². The van der Waals surface area contributed by atoms with Crippen molar-refractivity contribution in [1.82, 2.24) is 5.32 Å². The minimum atomic E-state index is -0.531. The van der Waals surface area contributed by atoms with Gasteiger partial charge in [0.2, 0.25) is 0 Å². The number of benzene rings is 1. The van der Waals surface area contributed by atoms with Crippen LogP contribution in [0.2, 0.25) is 0 Å². The lowest BCUT2D eigenvalue weighted by Gasteiger charge is -2.34. The summed E-state index contributed by atoms with van der Waals surface area (Å²) in [5.74, 6) is 0.215. The Bertz CT molecular complexity index is 379. The zero-order valence-electron chi connectivity index (χ0n) is 11.0. The van der Waals surface area contributed by atoms with Crippen molar-refractivity contribution in [1.29, 1.82) is 0 Å². The summed E-state index contributed by atoms with van der Waals surface area (Å²) >= 11 is 0. The van der Waals surface area contributed by atoms with Crippen LogP contribution in [0, 0.1) is 0 Å². The number of aromatic hydroxyl groups is 1. The van der Waals surface area contributed by atoms with E-state index in [0.717, 1.165) is 18.4 Å². The predicted octanol–water partition coefficient (Wildman–Crippen LogP) is 2.74. The van der Waals surface area contributed by atoms with Crippen LogP contribution in [-0.2, 0) is 0 Å². The lowest BCUT2D eigenvalue weighted by Crippen LogP contribution is -2.45. The van der Waals surface area contributed by atoms with Crippen LogP contribution in [0.4, 0.5) is 0 Å². The van der Waals surface area contributed by atoms with E-state index in [4.69, 9.17) is 0 Å². The van der Waals surface area contributed by atoms with E-state index in [9.17, 15) is 10.2 Å². The highest BCUT2D eigenvalue weighted by molar-refractivity contribution is 5.29. The van der Waals surface area contributed by atoms with Crippen molar-refractivity contribution in [3.8, 4) is 5.75 Å². The monoisotopic (exact) mass is 249 g/mol. The van der Waals surface area contributed by atoms with Crippen LogP contribution in [0.3, 0.4) is 0 Å². The molecule has 1 saturated heterocycles. The molecule has 2 rings (SSSR count). The van der Waals surface area contributed by atoms with Crippen LogP contribution in [0.1, 0.15) is 50.7 Å². The number of nitrogens with one attached hydrogen (secondary N) is 1. The van der Waals surface area contributed by atoms with Crippen molar-refractivity contribution >= 4 is 0 Å².